The van der Waals surface area contributed by atoms with Gasteiger partial charge in [0, 0.05) is 19.3 Å². The largest absolute Gasteiger partial charge is 0.497 e. The molecule has 1 atom stereocenters. The number of amides is 2. The van der Waals surface area contributed by atoms with Gasteiger partial charge in [0.05, 0.1) is 25.5 Å². The van der Waals surface area contributed by atoms with E-state index in [0.29, 0.717) is 34.8 Å². The number of nitrogens with one attached hydrogen (secondary N) is 1. The molecule has 0 radical (unpaired) electrons. The standard InChI is InChI=1S/C24H25N5O5/c1-32-15-13-25-24(31)23(21-8-5-14-34-21)29(17-9-11-18(33-2)12-10-17)22(30)16-28-20-7-4-3-6-19(20)26-27-28/h3-12,14,23H,13,15-16H2,1-2H3,(H,25,31). The average Bonchev–Trinajstić information content (AvgIpc) is 3.53. The van der Waals surface area contributed by atoms with Crippen molar-refractivity contribution in [3.05, 3.63) is 72.7 Å². The van der Waals surface area contributed by atoms with Crippen LogP contribution in [0.3, 0.4) is 0 Å². The second kappa shape index (κ2) is 10.6. The minimum Gasteiger partial charge on any atom is -0.497 e. The molecule has 4 aromatic rings. The molecule has 0 aliphatic carbocycles. The summed E-state index contributed by atoms with van der Waals surface area (Å²) in [5.74, 6) is 0.170. The van der Waals surface area contributed by atoms with Crippen LogP contribution in [0.4, 0.5) is 5.69 Å². The first-order valence-electron chi connectivity index (χ1n) is 10.7. The molecule has 0 aliphatic rings. The van der Waals surface area contributed by atoms with Gasteiger partial charge in [-0.3, -0.25) is 14.5 Å². The highest BCUT2D eigenvalue weighted by Crippen LogP contribution is 2.30. The van der Waals surface area contributed by atoms with E-state index in [1.807, 2.05) is 24.3 Å². The molecular weight excluding hydrogens is 438 g/mol. The zero-order valence-electron chi connectivity index (χ0n) is 18.9. The molecule has 0 spiro atoms. The van der Waals surface area contributed by atoms with E-state index in [2.05, 4.69) is 15.6 Å². The Morgan fingerprint density at radius 3 is 2.59 bits per heavy atom. The van der Waals surface area contributed by atoms with Crippen LogP contribution in [0.25, 0.3) is 11.0 Å². The third-order valence-corrected chi connectivity index (χ3v) is 5.25. The molecule has 1 unspecified atom stereocenters. The summed E-state index contributed by atoms with van der Waals surface area (Å²) in [6, 6.07) is 16.5. The number of ether oxygens (including phenoxy) is 2. The van der Waals surface area contributed by atoms with E-state index in [0.717, 1.165) is 0 Å². The first kappa shape index (κ1) is 23.0. The molecular formula is C24H25N5O5. The molecule has 0 aliphatic heterocycles. The van der Waals surface area contributed by atoms with E-state index in [1.165, 1.54) is 15.8 Å². The number of fused-ring (bicyclic) bond motifs is 1. The summed E-state index contributed by atoms with van der Waals surface area (Å²) in [7, 11) is 3.11. The van der Waals surface area contributed by atoms with Gasteiger partial charge in [-0.1, -0.05) is 17.3 Å². The topological polar surface area (TPSA) is 112 Å². The zero-order chi connectivity index (χ0) is 23.9. The van der Waals surface area contributed by atoms with Crippen molar-refractivity contribution in [2.45, 2.75) is 12.6 Å². The van der Waals surface area contributed by atoms with Crippen LogP contribution in [0.5, 0.6) is 5.75 Å². The fourth-order valence-electron chi connectivity index (χ4n) is 3.61. The molecule has 10 heteroatoms. The predicted molar refractivity (Wildman–Crippen MR) is 124 cm³/mol. The number of aromatic nitrogens is 3. The van der Waals surface area contributed by atoms with Crippen molar-refractivity contribution in [2.75, 3.05) is 32.3 Å². The van der Waals surface area contributed by atoms with Gasteiger partial charge in [-0.15, -0.1) is 5.10 Å². The number of carbonyl (C=O) groups is 2. The van der Waals surface area contributed by atoms with Crippen LogP contribution in [0.15, 0.2) is 71.3 Å². The van der Waals surface area contributed by atoms with Crippen molar-refractivity contribution in [3.8, 4) is 5.75 Å². The summed E-state index contributed by atoms with van der Waals surface area (Å²) in [5, 5.41) is 11.1. The van der Waals surface area contributed by atoms with Crippen LogP contribution >= 0.6 is 0 Å². The predicted octanol–water partition coefficient (Wildman–Crippen LogP) is 2.57. The third kappa shape index (κ3) is 4.91. The third-order valence-electron chi connectivity index (χ3n) is 5.25. The fourth-order valence-corrected chi connectivity index (χ4v) is 3.61. The number of methoxy groups -OCH3 is 2. The number of para-hydroxylation sites is 1. The van der Waals surface area contributed by atoms with Gasteiger partial charge in [0.15, 0.2) is 6.04 Å². The maximum absolute atomic E-state index is 13.7. The molecule has 2 amide bonds. The molecule has 0 saturated heterocycles. The second-order valence-corrected chi connectivity index (χ2v) is 7.40. The lowest BCUT2D eigenvalue weighted by atomic mass is 10.1. The maximum atomic E-state index is 13.7. The molecule has 0 saturated carbocycles. The number of nitrogens with zero attached hydrogens (tertiary/aromatic N) is 4. The van der Waals surface area contributed by atoms with E-state index in [4.69, 9.17) is 13.9 Å². The summed E-state index contributed by atoms with van der Waals surface area (Å²) in [5.41, 5.74) is 1.88. The lowest BCUT2D eigenvalue weighted by molar-refractivity contribution is -0.127. The van der Waals surface area contributed by atoms with E-state index in [-0.39, 0.29) is 19.0 Å². The van der Waals surface area contributed by atoms with Crippen LogP contribution in [0.1, 0.15) is 11.8 Å². The molecule has 34 heavy (non-hydrogen) atoms. The molecule has 0 bridgehead atoms. The maximum Gasteiger partial charge on any atom is 0.251 e. The monoisotopic (exact) mass is 463 g/mol. The van der Waals surface area contributed by atoms with Crippen LogP contribution < -0.4 is 15.0 Å². The Bertz CT molecular complexity index is 1240. The lowest BCUT2D eigenvalue weighted by Crippen LogP contribution is -2.45. The number of hydrogen-bond acceptors (Lipinski definition) is 7. The van der Waals surface area contributed by atoms with Gasteiger partial charge in [-0.2, -0.15) is 0 Å². The molecule has 2 heterocycles. The fraction of sp³-hybridized carbons (Fsp3) is 0.250. The smallest absolute Gasteiger partial charge is 0.251 e. The summed E-state index contributed by atoms with van der Waals surface area (Å²) in [6.07, 6.45) is 1.46. The number of anilines is 1. The molecule has 2 aromatic carbocycles. The minimum atomic E-state index is -1.05. The Hall–Kier alpha value is -4.18. The van der Waals surface area contributed by atoms with Crippen molar-refractivity contribution in [3.63, 3.8) is 0 Å². The van der Waals surface area contributed by atoms with Gasteiger partial charge in [0.2, 0.25) is 5.91 Å². The Morgan fingerprint density at radius 2 is 1.88 bits per heavy atom. The van der Waals surface area contributed by atoms with E-state index in [9.17, 15) is 9.59 Å². The number of rotatable bonds is 10. The number of benzene rings is 2. The lowest BCUT2D eigenvalue weighted by Gasteiger charge is -2.30. The normalized spacial score (nSPS) is 11.8. The molecule has 4 rings (SSSR count). The van der Waals surface area contributed by atoms with Crippen molar-refractivity contribution in [2.24, 2.45) is 0 Å². The zero-order valence-corrected chi connectivity index (χ0v) is 18.9. The van der Waals surface area contributed by atoms with E-state index >= 15 is 0 Å². The van der Waals surface area contributed by atoms with Gasteiger partial charge >= 0.3 is 0 Å². The summed E-state index contributed by atoms with van der Waals surface area (Å²) < 4.78 is 17.4. The Kier molecular flexibility index (Phi) is 7.19. The molecule has 10 nitrogen and oxygen atoms in total. The average molecular weight is 463 g/mol. The summed E-state index contributed by atoms with van der Waals surface area (Å²) in [4.78, 5) is 28.4. The Balaban J connectivity index is 1.73. The molecule has 0 fully saturated rings. The van der Waals surface area contributed by atoms with Crippen molar-refractivity contribution in [1.82, 2.24) is 20.3 Å². The van der Waals surface area contributed by atoms with Gasteiger partial charge < -0.3 is 19.2 Å². The SMILES string of the molecule is COCCNC(=O)C(c1ccco1)N(C(=O)Cn1nnc2ccccc21)c1ccc(OC)cc1. The van der Waals surface area contributed by atoms with Crippen molar-refractivity contribution >= 4 is 28.5 Å². The van der Waals surface area contributed by atoms with Crippen molar-refractivity contribution < 1.29 is 23.5 Å². The van der Waals surface area contributed by atoms with Crippen molar-refractivity contribution in [1.29, 1.82) is 0 Å². The Labute approximate surface area is 196 Å². The van der Waals surface area contributed by atoms with Crippen LogP contribution in [0.2, 0.25) is 0 Å². The highest BCUT2D eigenvalue weighted by molar-refractivity contribution is 6.01. The molecule has 176 valence electrons. The van der Waals surface area contributed by atoms with Gasteiger partial charge in [-0.05, 0) is 48.5 Å². The quantitative estimate of drug-likeness (QED) is 0.360. The first-order chi connectivity index (χ1) is 16.6. The number of hydrogen-bond donors (Lipinski definition) is 1. The van der Waals surface area contributed by atoms with E-state index in [1.54, 1.807) is 50.6 Å². The van der Waals surface area contributed by atoms with Gasteiger partial charge in [0.25, 0.3) is 5.91 Å². The number of carbonyl (C=O) groups excluding carboxylic acids is 2. The first-order valence-corrected chi connectivity index (χ1v) is 10.7. The van der Waals surface area contributed by atoms with Crippen LogP contribution in [0, 0.1) is 0 Å². The van der Waals surface area contributed by atoms with Crippen LogP contribution in [-0.2, 0) is 20.9 Å². The Morgan fingerprint density at radius 1 is 1.09 bits per heavy atom. The number of furan rings is 1. The molecule has 1 N–H and O–H groups in total. The highest BCUT2D eigenvalue weighted by Gasteiger charge is 2.35. The van der Waals surface area contributed by atoms with Gasteiger partial charge in [-0.25, -0.2) is 4.68 Å². The van der Waals surface area contributed by atoms with Gasteiger partial charge in [0.1, 0.15) is 23.6 Å². The second-order valence-electron chi connectivity index (χ2n) is 7.40. The molecule has 2 aromatic heterocycles. The summed E-state index contributed by atoms with van der Waals surface area (Å²) >= 11 is 0. The summed E-state index contributed by atoms with van der Waals surface area (Å²) in [6.45, 7) is 0.484. The highest BCUT2D eigenvalue weighted by atomic mass is 16.5. The minimum absolute atomic E-state index is 0.130. The van der Waals surface area contributed by atoms with E-state index < -0.39 is 11.9 Å². The van der Waals surface area contributed by atoms with Crippen LogP contribution in [-0.4, -0.2) is 54.2 Å².